The average Bonchev–Trinajstić information content (AvgIpc) is 2.45. The van der Waals surface area contributed by atoms with Gasteiger partial charge in [0, 0.05) is 0 Å². The average molecular weight is 329 g/mol. The lowest BCUT2D eigenvalue weighted by molar-refractivity contribution is 0.494. The van der Waals surface area contributed by atoms with Crippen molar-refractivity contribution in [3.05, 3.63) is 35.8 Å². The standard InChI is InChI=1S/C18H32O3S/c1-2-3-4-5-6-7-8-9-10-11-12-13-14-15-16-17-18-22(19,20)21/h13-18H,2-12H2,1H3,(H,19,20,21)/b14-13-,16-15-,18-17-. The zero-order valence-corrected chi connectivity index (χ0v) is 14.7. The van der Waals surface area contributed by atoms with Crippen molar-refractivity contribution in [2.45, 2.75) is 77.6 Å². The van der Waals surface area contributed by atoms with Gasteiger partial charge in [0.15, 0.2) is 0 Å². The number of hydrogen-bond acceptors (Lipinski definition) is 2. The molecule has 0 atom stereocenters. The molecule has 0 aromatic carbocycles. The van der Waals surface area contributed by atoms with E-state index in [0.29, 0.717) is 0 Å². The van der Waals surface area contributed by atoms with Crippen LogP contribution in [0.5, 0.6) is 0 Å². The fourth-order valence-electron chi connectivity index (χ4n) is 2.20. The highest BCUT2D eigenvalue weighted by Crippen LogP contribution is 2.11. The van der Waals surface area contributed by atoms with Gasteiger partial charge < -0.3 is 0 Å². The summed E-state index contributed by atoms with van der Waals surface area (Å²) in [6.45, 7) is 2.25. The Morgan fingerprint density at radius 3 is 1.77 bits per heavy atom. The lowest BCUT2D eigenvalue weighted by Crippen LogP contribution is -1.87. The molecule has 1 N–H and O–H groups in total. The van der Waals surface area contributed by atoms with Crippen molar-refractivity contribution in [1.29, 1.82) is 0 Å². The first-order valence-corrected chi connectivity index (χ1v) is 10.0. The van der Waals surface area contributed by atoms with Gasteiger partial charge in [0.05, 0.1) is 5.41 Å². The molecule has 0 aliphatic heterocycles. The van der Waals surface area contributed by atoms with Crippen LogP contribution in [0.3, 0.4) is 0 Å². The third-order valence-electron chi connectivity index (χ3n) is 3.44. The highest BCUT2D eigenvalue weighted by atomic mass is 32.2. The van der Waals surface area contributed by atoms with E-state index in [2.05, 4.69) is 13.0 Å². The minimum absolute atomic E-state index is 0.763. The van der Waals surface area contributed by atoms with Crippen molar-refractivity contribution in [2.75, 3.05) is 0 Å². The molecule has 0 saturated heterocycles. The van der Waals surface area contributed by atoms with Crippen LogP contribution < -0.4 is 0 Å². The highest BCUT2D eigenvalue weighted by molar-refractivity contribution is 7.88. The smallest absolute Gasteiger partial charge is 0.282 e. The van der Waals surface area contributed by atoms with E-state index in [9.17, 15) is 8.42 Å². The van der Waals surface area contributed by atoms with Gasteiger partial charge in [-0.25, -0.2) is 0 Å². The number of allylic oxidation sites excluding steroid dienone is 5. The summed E-state index contributed by atoms with van der Waals surface area (Å²) in [5, 5.41) is 0.763. The first-order chi connectivity index (χ1) is 10.6. The molecular weight excluding hydrogens is 296 g/mol. The minimum Gasteiger partial charge on any atom is -0.282 e. The second kappa shape index (κ2) is 15.0. The second-order valence-electron chi connectivity index (χ2n) is 5.63. The van der Waals surface area contributed by atoms with Crippen LogP contribution in [0, 0.1) is 0 Å². The van der Waals surface area contributed by atoms with Crippen molar-refractivity contribution in [3.8, 4) is 0 Å². The maximum atomic E-state index is 10.4. The van der Waals surface area contributed by atoms with Gasteiger partial charge in [-0.05, 0) is 18.9 Å². The summed E-state index contributed by atoms with van der Waals surface area (Å²) in [7, 11) is -4.00. The van der Waals surface area contributed by atoms with E-state index in [1.54, 1.807) is 12.2 Å². The Bertz CT molecular complexity index is 420. The molecule has 22 heavy (non-hydrogen) atoms. The predicted molar refractivity (Wildman–Crippen MR) is 95.4 cm³/mol. The number of unbranched alkanes of at least 4 members (excludes halogenated alkanes) is 10. The lowest BCUT2D eigenvalue weighted by Gasteiger charge is -2.01. The van der Waals surface area contributed by atoms with E-state index in [4.69, 9.17) is 4.55 Å². The van der Waals surface area contributed by atoms with Gasteiger partial charge in [-0.2, -0.15) is 8.42 Å². The van der Waals surface area contributed by atoms with Crippen LogP contribution in [0.4, 0.5) is 0 Å². The quantitative estimate of drug-likeness (QED) is 0.249. The van der Waals surface area contributed by atoms with E-state index in [0.717, 1.165) is 11.8 Å². The zero-order chi connectivity index (χ0) is 16.5. The van der Waals surface area contributed by atoms with Gasteiger partial charge in [0.1, 0.15) is 0 Å². The Labute approximate surface area is 137 Å². The van der Waals surface area contributed by atoms with E-state index < -0.39 is 10.1 Å². The van der Waals surface area contributed by atoms with Crippen LogP contribution in [-0.4, -0.2) is 13.0 Å². The summed E-state index contributed by atoms with van der Waals surface area (Å²) in [6.07, 6.45) is 23.1. The van der Waals surface area contributed by atoms with Crippen molar-refractivity contribution >= 4 is 10.1 Å². The van der Waals surface area contributed by atoms with Gasteiger partial charge >= 0.3 is 0 Å². The molecule has 0 saturated carbocycles. The molecule has 0 bridgehead atoms. The van der Waals surface area contributed by atoms with Crippen molar-refractivity contribution in [1.82, 2.24) is 0 Å². The molecular formula is C18H32O3S. The normalized spacial score (nSPS) is 13.0. The van der Waals surface area contributed by atoms with Gasteiger partial charge in [-0.3, -0.25) is 4.55 Å². The molecule has 3 nitrogen and oxygen atoms in total. The molecule has 0 aromatic heterocycles. The summed E-state index contributed by atoms with van der Waals surface area (Å²) in [5.41, 5.74) is 0. The van der Waals surface area contributed by atoms with Crippen LogP contribution >= 0.6 is 0 Å². The SMILES string of the molecule is CCCCCCCCCCCC\C=C/C=C\C=C/S(=O)(=O)O. The van der Waals surface area contributed by atoms with Gasteiger partial charge in [-0.15, -0.1) is 0 Å². The Hall–Kier alpha value is -0.870. The zero-order valence-electron chi connectivity index (χ0n) is 13.9. The summed E-state index contributed by atoms with van der Waals surface area (Å²) < 4.78 is 29.3. The Balaban J connectivity index is 3.34. The maximum absolute atomic E-state index is 10.4. The summed E-state index contributed by atoms with van der Waals surface area (Å²) >= 11 is 0. The molecule has 0 rings (SSSR count). The van der Waals surface area contributed by atoms with Crippen LogP contribution in [0.1, 0.15) is 77.6 Å². The molecule has 0 fully saturated rings. The third kappa shape index (κ3) is 19.1. The Morgan fingerprint density at radius 1 is 0.727 bits per heavy atom. The van der Waals surface area contributed by atoms with Crippen LogP contribution in [0.15, 0.2) is 35.8 Å². The van der Waals surface area contributed by atoms with Gasteiger partial charge in [0.2, 0.25) is 0 Å². The molecule has 0 amide bonds. The fraction of sp³-hybridized carbons (Fsp3) is 0.667. The molecule has 0 aliphatic carbocycles. The van der Waals surface area contributed by atoms with Gasteiger partial charge in [-0.1, -0.05) is 89.0 Å². The van der Waals surface area contributed by atoms with Crippen molar-refractivity contribution in [2.24, 2.45) is 0 Å². The number of rotatable bonds is 14. The third-order valence-corrected chi connectivity index (χ3v) is 3.95. The Morgan fingerprint density at radius 2 is 1.23 bits per heavy atom. The molecule has 0 spiro atoms. The summed E-state index contributed by atoms with van der Waals surface area (Å²) in [6, 6.07) is 0. The lowest BCUT2D eigenvalue weighted by atomic mass is 10.1. The maximum Gasteiger partial charge on any atom is 0.287 e. The summed E-state index contributed by atoms with van der Waals surface area (Å²) in [4.78, 5) is 0. The molecule has 128 valence electrons. The fourth-order valence-corrected chi connectivity index (χ4v) is 2.49. The van der Waals surface area contributed by atoms with Gasteiger partial charge in [0.25, 0.3) is 10.1 Å². The molecule has 0 aliphatic rings. The van der Waals surface area contributed by atoms with E-state index in [1.165, 1.54) is 70.3 Å². The second-order valence-corrected chi connectivity index (χ2v) is 6.93. The van der Waals surface area contributed by atoms with E-state index in [-0.39, 0.29) is 0 Å². The van der Waals surface area contributed by atoms with E-state index >= 15 is 0 Å². The van der Waals surface area contributed by atoms with Crippen molar-refractivity contribution < 1.29 is 13.0 Å². The Kier molecular flexibility index (Phi) is 14.4. The number of hydrogen-bond donors (Lipinski definition) is 1. The molecule has 4 heteroatoms. The first kappa shape index (κ1) is 21.1. The molecule has 0 heterocycles. The molecule has 0 aromatic rings. The van der Waals surface area contributed by atoms with Crippen LogP contribution in [-0.2, 0) is 10.1 Å². The predicted octanol–water partition coefficient (Wildman–Crippen LogP) is 5.81. The summed E-state index contributed by atoms with van der Waals surface area (Å²) in [5.74, 6) is 0. The largest absolute Gasteiger partial charge is 0.287 e. The molecule has 0 unspecified atom stereocenters. The first-order valence-electron chi connectivity index (χ1n) is 8.53. The monoisotopic (exact) mass is 328 g/mol. The van der Waals surface area contributed by atoms with E-state index in [1.807, 2.05) is 6.08 Å². The molecule has 0 radical (unpaired) electrons. The minimum atomic E-state index is -4.00. The topological polar surface area (TPSA) is 54.4 Å². The van der Waals surface area contributed by atoms with Crippen molar-refractivity contribution in [3.63, 3.8) is 0 Å². The van der Waals surface area contributed by atoms with Crippen LogP contribution in [0.25, 0.3) is 0 Å². The highest BCUT2D eigenvalue weighted by Gasteiger charge is 1.92. The van der Waals surface area contributed by atoms with Crippen LogP contribution in [0.2, 0.25) is 0 Å².